The molecule has 0 spiro atoms. The van der Waals surface area contributed by atoms with Gasteiger partial charge in [0.25, 0.3) is 6.01 Å². The summed E-state index contributed by atoms with van der Waals surface area (Å²) in [5.41, 5.74) is 3.80. The van der Waals surface area contributed by atoms with E-state index in [-0.39, 0.29) is 6.09 Å². The fraction of sp³-hybridized carbons (Fsp3) is 0.300. The summed E-state index contributed by atoms with van der Waals surface area (Å²) < 4.78 is 11.2. The van der Waals surface area contributed by atoms with Crippen LogP contribution in [0.3, 0.4) is 0 Å². The van der Waals surface area contributed by atoms with E-state index in [9.17, 15) is 4.79 Å². The van der Waals surface area contributed by atoms with Crippen molar-refractivity contribution in [3.8, 4) is 0 Å². The van der Waals surface area contributed by atoms with Crippen LogP contribution in [0.2, 0.25) is 0 Å². The maximum atomic E-state index is 12.2. The molecule has 1 saturated heterocycles. The summed E-state index contributed by atoms with van der Waals surface area (Å²) in [5.74, 6) is 0. The number of piperazine rings is 1. The lowest BCUT2D eigenvalue weighted by Gasteiger charge is -2.33. The minimum absolute atomic E-state index is 0.276. The van der Waals surface area contributed by atoms with E-state index in [0.717, 1.165) is 22.2 Å². The maximum Gasteiger partial charge on any atom is 0.410 e. The zero-order valence-electron chi connectivity index (χ0n) is 14.7. The summed E-state index contributed by atoms with van der Waals surface area (Å²) in [7, 11) is 0. The van der Waals surface area contributed by atoms with Crippen LogP contribution in [0, 0.1) is 6.92 Å². The van der Waals surface area contributed by atoms with E-state index < -0.39 is 0 Å². The summed E-state index contributed by atoms with van der Waals surface area (Å²) in [6.45, 7) is 4.85. The van der Waals surface area contributed by atoms with Crippen LogP contribution in [0.1, 0.15) is 11.1 Å². The van der Waals surface area contributed by atoms with Crippen molar-refractivity contribution in [1.82, 2.24) is 9.88 Å². The third kappa shape index (κ3) is 3.49. The summed E-state index contributed by atoms with van der Waals surface area (Å²) in [4.78, 5) is 20.6. The van der Waals surface area contributed by atoms with Gasteiger partial charge in [-0.05, 0) is 30.2 Å². The number of amides is 1. The predicted octanol–water partition coefficient (Wildman–Crippen LogP) is 3.60. The van der Waals surface area contributed by atoms with Crippen molar-refractivity contribution in [2.75, 3.05) is 31.1 Å². The van der Waals surface area contributed by atoms with Gasteiger partial charge in [0.1, 0.15) is 12.1 Å². The predicted molar refractivity (Wildman–Crippen MR) is 99.2 cm³/mol. The average molecular weight is 351 g/mol. The lowest BCUT2D eigenvalue weighted by molar-refractivity contribution is 0.0938. The van der Waals surface area contributed by atoms with Gasteiger partial charge < -0.3 is 19.0 Å². The third-order valence-electron chi connectivity index (χ3n) is 4.55. The lowest BCUT2D eigenvalue weighted by atomic mass is 10.2. The SMILES string of the molecule is Cc1ccc2oc(N3CCN(C(=O)OCc4ccccc4)CC3)nc2c1. The van der Waals surface area contributed by atoms with E-state index >= 15 is 0 Å². The molecule has 2 aromatic carbocycles. The smallest absolute Gasteiger partial charge is 0.410 e. The van der Waals surface area contributed by atoms with Crippen LogP contribution in [0.4, 0.5) is 10.8 Å². The van der Waals surface area contributed by atoms with Gasteiger partial charge in [0.05, 0.1) is 0 Å². The molecule has 1 aliphatic heterocycles. The van der Waals surface area contributed by atoms with Gasteiger partial charge in [-0.15, -0.1) is 0 Å². The van der Waals surface area contributed by atoms with E-state index in [1.54, 1.807) is 4.90 Å². The first-order chi connectivity index (χ1) is 12.7. The molecule has 6 nitrogen and oxygen atoms in total. The van der Waals surface area contributed by atoms with Crippen LogP contribution in [0.5, 0.6) is 0 Å². The molecule has 0 radical (unpaired) electrons. The molecular weight excluding hydrogens is 330 g/mol. The second-order valence-electron chi connectivity index (χ2n) is 6.48. The fourth-order valence-corrected chi connectivity index (χ4v) is 3.05. The fourth-order valence-electron chi connectivity index (χ4n) is 3.05. The Morgan fingerprint density at radius 1 is 1.12 bits per heavy atom. The second-order valence-corrected chi connectivity index (χ2v) is 6.48. The lowest BCUT2D eigenvalue weighted by Crippen LogP contribution is -2.49. The molecule has 0 saturated carbocycles. The van der Waals surface area contributed by atoms with E-state index in [0.29, 0.717) is 38.8 Å². The van der Waals surface area contributed by atoms with Gasteiger partial charge in [-0.3, -0.25) is 0 Å². The standard InChI is InChI=1S/C20H21N3O3/c1-15-7-8-18-17(13-15)21-19(26-18)22-9-11-23(12-10-22)20(24)25-14-16-5-3-2-4-6-16/h2-8,13H,9-12,14H2,1H3. The Morgan fingerprint density at radius 2 is 1.88 bits per heavy atom. The topological polar surface area (TPSA) is 58.8 Å². The summed E-state index contributed by atoms with van der Waals surface area (Å²) >= 11 is 0. The number of oxazole rings is 1. The van der Waals surface area contributed by atoms with Crippen molar-refractivity contribution in [1.29, 1.82) is 0 Å². The second kappa shape index (κ2) is 7.07. The van der Waals surface area contributed by atoms with E-state index in [1.165, 1.54) is 0 Å². The van der Waals surface area contributed by atoms with E-state index in [4.69, 9.17) is 9.15 Å². The molecule has 134 valence electrons. The third-order valence-corrected chi connectivity index (χ3v) is 4.55. The Bertz CT molecular complexity index is 899. The molecule has 0 atom stereocenters. The number of hydrogen-bond donors (Lipinski definition) is 0. The molecule has 26 heavy (non-hydrogen) atoms. The van der Waals surface area contributed by atoms with Crippen LogP contribution < -0.4 is 4.90 Å². The van der Waals surface area contributed by atoms with E-state index in [1.807, 2.05) is 55.5 Å². The molecule has 1 aliphatic rings. The average Bonchev–Trinajstić information content (AvgIpc) is 3.10. The number of anilines is 1. The molecule has 0 bridgehead atoms. The molecule has 0 N–H and O–H groups in total. The van der Waals surface area contributed by atoms with Crippen molar-refractivity contribution < 1.29 is 13.9 Å². The van der Waals surface area contributed by atoms with Gasteiger partial charge >= 0.3 is 6.09 Å². The number of hydrogen-bond acceptors (Lipinski definition) is 5. The largest absolute Gasteiger partial charge is 0.445 e. The van der Waals surface area contributed by atoms with Crippen molar-refractivity contribution in [2.24, 2.45) is 0 Å². The highest BCUT2D eigenvalue weighted by Crippen LogP contribution is 2.23. The maximum absolute atomic E-state index is 12.2. The molecule has 1 amide bonds. The first-order valence-electron chi connectivity index (χ1n) is 8.77. The summed E-state index contributed by atoms with van der Waals surface area (Å²) in [5, 5.41) is 0. The van der Waals surface area contributed by atoms with Crippen LogP contribution in [0.15, 0.2) is 52.9 Å². The van der Waals surface area contributed by atoms with Gasteiger partial charge in [-0.25, -0.2) is 4.79 Å². The molecule has 0 aliphatic carbocycles. The molecular formula is C20H21N3O3. The summed E-state index contributed by atoms with van der Waals surface area (Å²) in [6, 6.07) is 16.3. The number of aryl methyl sites for hydroxylation is 1. The quantitative estimate of drug-likeness (QED) is 0.722. The number of rotatable bonds is 3. The molecule has 4 rings (SSSR count). The van der Waals surface area contributed by atoms with Gasteiger partial charge in [0.15, 0.2) is 5.58 Å². The molecule has 1 fully saturated rings. The number of benzene rings is 2. The highest BCUT2D eigenvalue weighted by atomic mass is 16.6. The number of aromatic nitrogens is 1. The van der Waals surface area contributed by atoms with Gasteiger partial charge in [0, 0.05) is 26.2 Å². The Kier molecular flexibility index (Phi) is 4.48. The van der Waals surface area contributed by atoms with Crippen molar-refractivity contribution in [3.63, 3.8) is 0 Å². The normalized spacial score (nSPS) is 14.7. The van der Waals surface area contributed by atoms with E-state index in [2.05, 4.69) is 9.88 Å². The Balaban J connectivity index is 1.33. The van der Waals surface area contributed by atoms with Crippen molar-refractivity contribution >= 4 is 23.2 Å². The number of fused-ring (bicyclic) bond motifs is 1. The van der Waals surface area contributed by atoms with Crippen LogP contribution in [-0.2, 0) is 11.3 Å². The van der Waals surface area contributed by atoms with Gasteiger partial charge in [-0.2, -0.15) is 4.98 Å². The minimum Gasteiger partial charge on any atom is -0.445 e. The minimum atomic E-state index is -0.276. The Morgan fingerprint density at radius 3 is 2.65 bits per heavy atom. The zero-order valence-corrected chi connectivity index (χ0v) is 14.7. The van der Waals surface area contributed by atoms with Crippen LogP contribution >= 0.6 is 0 Å². The highest BCUT2D eigenvalue weighted by Gasteiger charge is 2.25. The summed E-state index contributed by atoms with van der Waals surface area (Å²) in [6.07, 6.45) is -0.276. The first kappa shape index (κ1) is 16.4. The number of nitrogens with zero attached hydrogens (tertiary/aromatic N) is 3. The molecule has 2 heterocycles. The number of carbonyl (C=O) groups is 1. The van der Waals surface area contributed by atoms with Gasteiger partial charge in [0.2, 0.25) is 0 Å². The monoisotopic (exact) mass is 351 g/mol. The number of ether oxygens (including phenoxy) is 1. The van der Waals surface area contributed by atoms with Gasteiger partial charge in [-0.1, -0.05) is 36.4 Å². The molecule has 3 aromatic rings. The molecule has 6 heteroatoms. The van der Waals surface area contributed by atoms with Crippen molar-refractivity contribution in [2.45, 2.75) is 13.5 Å². The Hall–Kier alpha value is -3.02. The van der Waals surface area contributed by atoms with Crippen LogP contribution in [0.25, 0.3) is 11.1 Å². The molecule has 1 aromatic heterocycles. The van der Waals surface area contributed by atoms with Crippen LogP contribution in [-0.4, -0.2) is 42.2 Å². The highest BCUT2D eigenvalue weighted by molar-refractivity contribution is 5.75. The number of carbonyl (C=O) groups excluding carboxylic acids is 1. The zero-order chi connectivity index (χ0) is 17.9. The first-order valence-corrected chi connectivity index (χ1v) is 8.77. The van der Waals surface area contributed by atoms with Crippen molar-refractivity contribution in [3.05, 3.63) is 59.7 Å². The molecule has 0 unspecified atom stereocenters. The Labute approximate surface area is 152 Å².